The van der Waals surface area contributed by atoms with E-state index < -0.39 is 6.09 Å². The molecule has 1 saturated heterocycles. The summed E-state index contributed by atoms with van der Waals surface area (Å²) >= 11 is 0. The fourth-order valence-electron chi connectivity index (χ4n) is 2.80. The SMILES string of the molecule is O=C(O)N1CCC1c1nc(-c2ccc(-c3ccccc3)cc2)no1. The van der Waals surface area contributed by atoms with Crippen LogP contribution in [0.15, 0.2) is 59.1 Å². The van der Waals surface area contributed by atoms with E-state index in [0.29, 0.717) is 24.7 Å². The monoisotopic (exact) mass is 321 g/mol. The van der Waals surface area contributed by atoms with Gasteiger partial charge in [0, 0.05) is 12.1 Å². The molecule has 1 aliphatic rings. The summed E-state index contributed by atoms with van der Waals surface area (Å²) in [7, 11) is 0. The van der Waals surface area contributed by atoms with E-state index in [2.05, 4.69) is 22.3 Å². The minimum atomic E-state index is -0.960. The average Bonchev–Trinajstić information content (AvgIpc) is 3.03. The highest BCUT2D eigenvalue weighted by molar-refractivity contribution is 5.68. The van der Waals surface area contributed by atoms with Crippen molar-refractivity contribution >= 4 is 6.09 Å². The Labute approximate surface area is 138 Å². The fraction of sp³-hybridized carbons (Fsp3) is 0.167. The third kappa shape index (κ3) is 2.52. The van der Waals surface area contributed by atoms with Gasteiger partial charge in [-0.25, -0.2) is 4.79 Å². The molecule has 0 bridgehead atoms. The fourth-order valence-corrected chi connectivity index (χ4v) is 2.80. The molecular formula is C18H15N3O3. The van der Waals surface area contributed by atoms with Crippen LogP contribution in [-0.2, 0) is 0 Å². The Kier molecular flexibility index (Phi) is 3.49. The van der Waals surface area contributed by atoms with Crippen LogP contribution in [-0.4, -0.2) is 32.8 Å². The second-order valence-electron chi connectivity index (χ2n) is 5.68. The lowest BCUT2D eigenvalue weighted by Gasteiger charge is -2.35. The molecule has 1 unspecified atom stereocenters. The molecule has 24 heavy (non-hydrogen) atoms. The third-order valence-electron chi connectivity index (χ3n) is 4.24. The molecule has 0 saturated carbocycles. The molecule has 120 valence electrons. The molecule has 6 nitrogen and oxygen atoms in total. The summed E-state index contributed by atoms with van der Waals surface area (Å²) in [6, 6.07) is 17.7. The summed E-state index contributed by atoms with van der Waals surface area (Å²) in [5.41, 5.74) is 3.09. The Bertz CT molecular complexity index is 859. The van der Waals surface area contributed by atoms with Crippen LogP contribution in [0.4, 0.5) is 4.79 Å². The van der Waals surface area contributed by atoms with E-state index in [-0.39, 0.29) is 6.04 Å². The largest absolute Gasteiger partial charge is 0.465 e. The zero-order valence-corrected chi connectivity index (χ0v) is 12.8. The van der Waals surface area contributed by atoms with Gasteiger partial charge in [0.05, 0.1) is 0 Å². The Morgan fingerprint density at radius 1 is 1.04 bits per heavy atom. The molecule has 2 aromatic carbocycles. The Balaban J connectivity index is 1.56. The molecule has 6 heteroatoms. The molecular weight excluding hydrogens is 306 g/mol. The quantitative estimate of drug-likeness (QED) is 0.793. The van der Waals surface area contributed by atoms with Crippen molar-refractivity contribution in [3.63, 3.8) is 0 Å². The standard InChI is InChI=1S/C18H15N3O3/c22-18(23)21-11-10-15(21)17-19-16(20-24-17)14-8-6-13(7-9-14)12-4-2-1-3-5-12/h1-9,15H,10-11H2,(H,22,23). The van der Waals surface area contributed by atoms with E-state index in [1.165, 1.54) is 4.90 Å². The Morgan fingerprint density at radius 3 is 2.33 bits per heavy atom. The number of rotatable bonds is 3. The number of carbonyl (C=O) groups is 1. The highest BCUT2D eigenvalue weighted by Crippen LogP contribution is 2.33. The molecule has 1 amide bonds. The van der Waals surface area contributed by atoms with Crippen LogP contribution >= 0.6 is 0 Å². The molecule has 1 fully saturated rings. The first-order valence-electron chi connectivity index (χ1n) is 7.71. The van der Waals surface area contributed by atoms with Gasteiger partial charge in [0.1, 0.15) is 6.04 Å². The zero-order chi connectivity index (χ0) is 16.5. The molecule has 1 aliphatic heterocycles. The number of benzene rings is 2. The molecule has 4 rings (SSSR count). The van der Waals surface area contributed by atoms with E-state index >= 15 is 0 Å². The molecule has 1 aromatic heterocycles. The van der Waals surface area contributed by atoms with Gasteiger partial charge in [-0.05, 0) is 17.5 Å². The van der Waals surface area contributed by atoms with E-state index in [1.54, 1.807) is 0 Å². The van der Waals surface area contributed by atoms with Gasteiger partial charge in [-0.2, -0.15) is 4.98 Å². The average molecular weight is 321 g/mol. The van der Waals surface area contributed by atoms with Crippen LogP contribution in [0.1, 0.15) is 18.4 Å². The molecule has 0 aliphatic carbocycles. The lowest BCUT2D eigenvalue weighted by Crippen LogP contribution is -2.44. The first kappa shape index (κ1) is 14.4. The summed E-state index contributed by atoms with van der Waals surface area (Å²) in [5.74, 6) is 0.827. The predicted molar refractivity (Wildman–Crippen MR) is 87.3 cm³/mol. The van der Waals surface area contributed by atoms with Gasteiger partial charge in [0.2, 0.25) is 11.7 Å². The maximum absolute atomic E-state index is 11.1. The molecule has 0 spiro atoms. The van der Waals surface area contributed by atoms with Crippen molar-refractivity contribution in [3.8, 4) is 22.5 Å². The highest BCUT2D eigenvalue weighted by Gasteiger charge is 2.37. The molecule has 3 aromatic rings. The van der Waals surface area contributed by atoms with Gasteiger partial charge in [0.15, 0.2) is 0 Å². The van der Waals surface area contributed by atoms with Gasteiger partial charge in [-0.15, -0.1) is 0 Å². The third-order valence-corrected chi connectivity index (χ3v) is 4.24. The van der Waals surface area contributed by atoms with Crippen molar-refractivity contribution in [2.24, 2.45) is 0 Å². The maximum Gasteiger partial charge on any atom is 0.407 e. The first-order chi connectivity index (χ1) is 11.7. The minimum Gasteiger partial charge on any atom is -0.465 e. The first-order valence-corrected chi connectivity index (χ1v) is 7.71. The number of amides is 1. The Morgan fingerprint density at radius 2 is 1.71 bits per heavy atom. The van der Waals surface area contributed by atoms with Crippen LogP contribution in [0.25, 0.3) is 22.5 Å². The van der Waals surface area contributed by atoms with Crippen molar-refractivity contribution in [2.75, 3.05) is 6.54 Å². The van der Waals surface area contributed by atoms with Crippen LogP contribution in [0, 0.1) is 0 Å². The van der Waals surface area contributed by atoms with Crippen molar-refractivity contribution in [1.29, 1.82) is 0 Å². The van der Waals surface area contributed by atoms with Crippen molar-refractivity contribution in [2.45, 2.75) is 12.5 Å². The molecule has 0 radical (unpaired) electrons. The molecule has 1 atom stereocenters. The smallest absolute Gasteiger partial charge is 0.407 e. The van der Waals surface area contributed by atoms with E-state index in [4.69, 9.17) is 9.63 Å². The van der Waals surface area contributed by atoms with Crippen molar-refractivity contribution < 1.29 is 14.4 Å². The lowest BCUT2D eigenvalue weighted by atomic mass is 10.0. The second-order valence-corrected chi connectivity index (χ2v) is 5.68. The van der Waals surface area contributed by atoms with E-state index in [0.717, 1.165) is 16.7 Å². The number of hydrogen-bond acceptors (Lipinski definition) is 4. The lowest BCUT2D eigenvalue weighted by molar-refractivity contribution is 0.0591. The number of likely N-dealkylation sites (tertiary alicyclic amines) is 1. The van der Waals surface area contributed by atoms with Gasteiger partial charge >= 0.3 is 6.09 Å². The summed E-state index contributed by atoms with van der Waals surface area (Å²) in [6.07, 6.45) is -0.251. The van der Waals surface area contributed by atoms with Gasteiger partial charge in [0.25, 0.3) is 0 Å². The van der Waals surface area contributed by atoms with E-state index in [1.807, 2.05) is 42.5 Å². The van der Waals surface area contributed by atoms with Gasteiger partial charge in [-0.1, -0.05) is 59.8 Å². The number of carboxylic acid groups (broad SMARTS) is 1. The topological polar surface area (TPSA) is 79.5 Å². The number of nitrogens with zero attached hydrogens (tertiary/aromatic N) is 3. The maximum atomic E-state index is 11.1. The minimum absolute atomic E-state index is 0.327. The highest BCUT2D eigenvalue weighted by atomic mass is 16.5. The number of hydrogen-bond donors (Lipinski definition) is 1. The van der Waals surface area contributed by atoms with Crippen LogP contribution in [0.3, 0.4) is 0 Å². The van der Waals surface area contributed by atoms with E-state index in [9.17, 15) is 4.79 Å². The van der Waals surface area contributed by atoms with Crippen LogP contribution in [0.5, 0.6) is 0 Å². The molecule has 1 N–H and O–H groups in total. The summed E-state index contributed by atoms with van der Waals surface area (Å²) in [5, 5.41) is 13.0. The summed E-state index contributed by atoms with van der Waals surface area (Å²) in [6.45, 7) is 0.503. The van der Waals surface area contributed by atoms with Gasteiger partial charge < -0.3 is 9.63 Å². The number of aromatic nitrogens is 2. The van der Waals surface area contributed by atoms with Crippen molar-refractivity contribution in [1.82, 2.24) is 15.0 Å². The normalized spacial score (nSPS) is 16.7. The van der Waals surface area contributed by atoms with Crippen LogP contribution in [0.2, 0.25) is 0 Å². The van der Waals surface area contributed by atoms with Crippen LogP contribution < -0.4 is 0 Å². The Hall–Kier alpha value is -3.15. The van der Waals surface area contributed by atoms with Crippen molar-refractivity contribution in [3.05, 3.63) is 60.5 Å². The summed E-state index contributed by atoms with van der Waals surface area (Å²) in [4.78, 5) is 16.7. The second kappa shape index (κ2) is 5.81. The predicted octanol–water partition coefficient (Wildman–Crippen LogP) is 3.83. The molecule has 2 heterocycles. The van der Waals surface area contributed by atoms with Gasteiger partial charge in [-0.3, -0.25) is 4.90 Å². The zero-order valence-electron chi connectivity index (χ0n) is 12.8. The summed E-state index contributed by atoms with van der Waals surface area (Å²) < 4.78 is 5.25.